The highest BCUT2D eigenvalue weighted by molar-refractivity contribution is 5.97. The number of benzene rings is 1. The van der Waals surface area contributed by atoms with Crippen LogP contribution >= 0.6 is 0 Å². The molecule has 0 spiro atoms. The zero-order chi connectivity index (χ0) is 21.2. The van der Waals surface area contributed by atoms with E-state index < -0.39 is 0 Å². The number of hydrogen-bond donors (Lipinski definition) is 2. The smallest absolute Gasteiger partial charge is 0.143 e. The molecule has 3 aromatic rings. The highest BCUT2D eigenvalue weighted by Crippen LogP contribution is 2.37. The van der Waals surface area contributed by atoms with E-state index in [0.29, 0.717) is 6.61 Å². The van der Waals surface area contributed by atoms with E-state index in [-0.39, 0.29) is 0 Å². The quantitative estimate of drug-likeness (QED) is 0.568. The maximum absolute atomic E-state index is 5.87. The van der Waals surface area contributed by atoms with Crippen molar-refractivity contribution in [3.63, 3.8) is 0 Å². The van der Waals surface area contributed by atoms with Gasteiger partial charge in [-0.15, -0.1) is 0 Å². The van der Waals surface area contributed by atoms with E-state index >= 15 is 0 Å². The number of hydrogen-bond acceptors (Lipinski definition) is 7. The van der Waals surface area contributed by atoms with Crippen molar-refractivity contribution in [3.8, 4) is 17.0 Å². The van der Waals surface area contributed by atoms with Crippen LogP contribution in [-0.2, 0) is 0 Å². The van der Waals surface area contributed by atoms with Gasteiger partial charge in [-0.2, -0.15) is 0 Å². The maximum Gasteiger partial charge on any atom is 0.143 e. The van der Waals surface area contributed by atoms with E-state index in [9.17, 15) is 0 Å². The summed E-state index contributed by atoms with van der Waals surface area (Å²) in [5, 5.41) is 8.14. The van der Waals surface area contributed by atoms with Crippen molar-refractivity contribution < 1.29 is 4.74 Å². The average Bonchev–Trinajstić information content (AvgIpc) is 2.74. The lowest BCUT2D eigenvalue weighted by Crippen LogP contribution is -2.37. The summed E-state index contributed by atoms with van der Waals surface area (Å²) in [4.78, 5) is 14.2. The van der Waals surface area contributed by atoms with E-state index in [1.807, 2.05) is 6.20 Å². The number of nitrogens with zero attached hydrogens (tertiary/aromatic N) is 4. The molecule has 0 atom stereocenters. The average molecular weight is 419 g/mol. The van der Waals surface area contributed by atoms with Crippen molar-refractivity contribution in [2.45, 2.75) is 12.8 Å². The molecule has 0 amide bonds. The molecule has 1 saturated heterocycles. The van der Waals surface area contributed by atoms with Crippen LogP contribution in [0.25, 0.3) is 22.2 Å². The molecule has 162 valence electrons. The van der Waals surface area contributed by atoms with Crippen molar-refractivity contribution in [1.82, 2.24) is 14.9 Å². The first-order chi connectivity index (χ1) is 15.2. The van der Waals surface area contributed by atoms with Crippen LogP contribution in [0.1, 0.15) is 12.8 Å². The largest absolute Gasteiger partial charge is 0.490 e. The van der Waals surface area contributed by atoms with Crippen molar-refractivity contribution in [2.75, 3.05) is 69.0 Å². The molecule has 0 aliphatic carbocycles. The SMILES string of the molecule is CN(C)CCCNc1cc(-c2ccc(N3CCC3)nc2)nc2cc3c(cc12)OCCN3. The monoisotopic (exact) mass is 418 g/mol. The molecule has 1 fully saturated rings. The Bertz CT molecular complexity index is 1060. The lowest BCUT2D eigenvalue weighted by molar-refractivity contribution is 0.324. The molecule has 2 N–H and O–H groups in total. The second-order valence-corrected chi connectivity index (χ2v) is 8.53. The fourth-order valence-corrected chi connectivity index (χ4v) is 4.04. The molecule has 0 unspecified atom stereocenters. The van der Waals surface area contributed by atoms with E-state index in [2.05, 4.69) is 69.8 Å². The summed E-state index contributed by atoms with van der Waals surface area (Å²) in [5.41, 5.74) is 5.01. The Morgan fingerprint density at radius 3 is 2.84 bits per heavy atom. The summed E-state index contributed by atoms with van der Waals surface area (Å²) in [6.07, 6.45) is 4.26. The molecule has 31 heavy (non-hydrogen) atoms. The third-order valence-corrected chi connectivity index (χ3v) is 5.91. The van der Waals surface area contributed by atoms with Gasteiger partial charge in [-0.1, -0.05) is 0 Å². The second-order valence-electron chi connectivity index (χ2n) is 8.53. The second kappa shape index (κ2) is 8.59. The maximum atomic E-state index is 5.87. The summed E-state index contributed by atoms with van der Waals surface area (Å²) >= 11 is 0. The van der Waals surface area contributed by atoms with Gasteiger partial charge in [0.1, 0.15) is 18.2 Å². The zero-order valence-corrected chi connectivity index (χ0v) is 18.3. The predicted molar refractivity (Wildman–Crippen MR) is 127 cm³/mol. The number of aromatic nitrogens is 2. The van der Waals surface area contributed by atoms with Gasteiger partial charge in [0, 0.05) is 49.0 Å². The first-order valence-electron chi connectivity index (χ1n) is 11.1. The molecular formula is C24H30N6O. The molecule has 7 heteroatoms. The summed E-state index contributed by atoms with van der Waals surface area (Å²) in [5.74, 6) is 1.94. The van der Waals surface area contributed by atoms with Gasteiger partial charge in [-0.05, 0) is 63.8 Å². The van der Waals surface area contributed by atoms with Gasteiger partial charge >= 0.3 is 0 Å². The molecule has 0 saturated carbocycles. The van der Waals surface area contributed by atoms with Crippen LogP contribution in [0.3, 0.4) is 0 Å². The Labute approximate surface area is 183 Å². The molecule has 4 heterocycles. The number of nitrogens with one attached hydrogen (secondary N) is 2. The lowest BCUT2D eigenvalue weighted by Gasteiger charge is -2.31. The highest BCUT2D eigenvalue weighted by Gasteiger charge is 2.17. The van der Waals surface area contributed by atoms with Gasteiger partial charge in [0.05, 0.1) is 16.9 Å². The minimum Gasteiger partial charge on any atom is -0.490 e. The summed E-state index contributed by atoms with van der Waals surface area (Å²) < 4.78 is 5.87. The highest BCUT2D eigenvalue weighted by atomic mass is 16.5. The van der Waals surface area contributed by atoms with Crippen molar-refractivity contribution >= 4 is 28.1 Å². The van der Waals surface area contributed by atoms with Gasteiger partial charge in [0.2, 0.25) is 0 Å². The third-order valence-electron chi connectivity index (χ3n) is 5.91. The molecular weight excluding hydrogens is 388 g/mol. The van der Waals surface area contributed by atoms with Crippen molar-refractivity contribution in [2.24, 2.45) is 0 Å². The first-order valence-corrected chi connectivity index (χ1v) is 11.1. The van der Waals surface area contributed by atoms with Gasteiger partial charge in [-0.3, -0.25) is 0 Å². The van der Waals surface area contributed by atoms with Crippen LogP contribution in [0.2, 0.25) is 0 Å². The molecule has 2 aliphatic rings. The Morgan fingerprint density at radius 1 is 1.19 bits per heavy atom. The van der Waals surface area contributed by atoms with Crippen molar-refractivity contribution in [3.05, 3.63) is 36.5 Å². The third kappa shape index (κ3) is 4.23. The summed E-state index contributed by atoms with van der Waals surface area (Å²) in [6, 6.07) is 10.6. The molecule has 1 aromatic carbocycles. The van der Waals surface area contributed by atoms with E-state index in [0.717, 1.165) is 84.2 Å². The van der Waals surface area contributed by atoms with Crippen LogP contribution in [0.4, 0.5) is 17.2 Å². The number of ether oxygens (including phenoxy) is 1. The minimum atomic E-state index is 0.685. The van der Waals surface area contributed by atoms with Gasteiger partial charge in [0.25, 0.3) is 0 Å². The van der Waals surface area contributed by atoms with Crippen LogP contribution in [-0.4, -0.2) is 68.3 Å². The molecule has 0 bridgehead atoms. The predicted octanol–water partition coefficient (Wildman–Crippen LogP) is 3.67. The van der Waals surface area contributed by atoms with E-state index in [4.69, 9.17) is 9.72 Å². The van der Waals surface area contributed by atoms with Crippen LogP contribution < -0.4 is 20.3 Å². The Morgan fingerprint density at radius 2 is 2.10 bits per heavy atom. The number of pyridine rings is 2. The van der Waals surface area contributed by atoms with E-state index in [1.54, 1.807) is 0 Å². The van der Waals surface area contributed by atoms with Gasteiger partial charge < -0.3 is 25.2 Å². The zero-order valence-electron chi connectivity index (χ0n) is 18.3. The fourth-order valence-electron chi connectivity index (χ4n) is 4.04. The van der Waals surface area contributed by atoms with Gasteiger partial charge in [-0.25, -0.2) is 9.97 Å². The fraction of sp³-hybridized carbons (Fsp3) is 0.417. The number of anilines is 3. The lowest BCUT2D eigenvalue weighted by atomic mass is 10.1. The summed E-state index contributed by atoms with van der Waals surface area (Å²) in [6.45, 7) is 5.65. The summed E-state index contributed by atoms with van der Waals surface area (Å²) in [7, 11) is 4.21. The molecule has 2 aromatic heterocycles. The Kier molecular flexibility index (Phi) is 5.51. The van der Waals surface area contributed by atoms with Crippen LogP contribution in [0.5, 0.6) is 5.75 Å². The Hall–Kier alpha value is -3.06. The van der Waals surface area contributed by atoms with Crippen LogP contribution in [0, 0.1) is 0 Å². The molecule has 7 nitrogen and oxygen atoms in total. The normalized spacial score (nSPS) is 15.3. The van der Waals surface area contributed by atoms with Gasteiger partial charge in [0.15, 0.2) is 0 Å². The van der Waals surface area contributed by atoms with Crippen molar-refractivity contribution in [1.29, 1.82) is 0 Å². The van der Waals surface area contributed by atoms with E-state index in [1.165, 1.54) is 6.42 Å². The molecule has 5 rings (SSSR count). The molecule has 2 aliphatic heterocycles. The topological polar surface area (TPSA) is 65.5 Å². The first kappa shape index (κ1) is 19.9. The molecule has 0 radical (unpaired) electrons. The van der Waals surface area contributed by atoms with Crippen LogP contribution in [0.15, 0.2) is 36.5 Å². The Balaban J connectivity index is 1.49. The number of rotatable bonds is 7. The standard InChI is InChI=1S/C24H30N6O/c1-29(2)9-3-7-25-20-14-19(17-5-6-24(27-16-17)30-10-4-11-30)28-21-15-22-23(13-18(20)21)31-12-8-26-22/h5-6,13-16,26H,3-4,7-12H2,1-2H3,(H,25,28). The number of fused-ring (bicyclic) bond motifs is 2. The minimum absolute atomic E-state index is 0.685.